The standard InChI is InChI=1S/C13H20O6/c1-12(2,3)11(17)18-5-6-13(4)7(10(16)19-6)8(14)9(13)15/h6-9,14-15H,5H2,1-4H3/t6-,7-,8+,9+,13+/m1/s1. The maximum atomic E-state index is 11.7. The van der Waals surface area contributed by atoms with Crippen molar-refractivity contribution in [3.63, 3.8) is 0 Å². The predicted octanol–water partition coefficient (Wildman–Crippen LogP) is -0.141. The van der Waals surface area contributed by atoms with Gasteiger partial charge in [-0.3, -0.25) is 9.59 Å². The molecule has 0 aromatic rings. The van der Waals surface area contributed by atoms with E-state index >= 15 is 0 Å². The quantitative estimate of drug-likeness (QED) is 0.680. The van der Waals surface area contributed by atoms with E-state index in [0.717, 1.165) is 0 Å². The number of esters is 2. The number of carbonyl (C=O) groups excluding carboxylic acids is 2. The van der Waals surface area contributed by atoms with Crippen LogP contribution >= 0.6 is 0 Å². The molecule has 0 unspecified atom stereocenters. The van der Waals surface area contributed by atoms with E-state index in [9.17, 15) is 19.8 Å². The maximum Gasteiger partial charge on any atom is 0.312 e. The Balaban J connectivity index is 2.03. The number of rotatable bonds is 2. The van der Waals surface area contributed by atoms with Gasteiger partial charge >= 0.3 is 11.9 Å². The first-order valence-corrected chi connectivity index (χ1v) is 6.34. The van der Waals surface area contributed by atoms with Gasteiger partial charge in [-0.1, -0.05) is 6.92 Å². The second-order valence-corrected chi connectivity index (χ2v) is 6.55. The predicted molar refractivity (Wildman–Crippen MR) is 63.9 cm³/mol. The van der Waals surface area contributed by atoms with Gasteiger partial charge in [0.2, 0.25) is 0 Å². The molecule has 1 aliphatic carbocycles. The molecule has 0 aromatic heterocycles. The molecular formula is C13H20O6. The third-order valence-electron chi connectivity index (χ3n) is 4.16. The summed E-state index contributed by atoms with van der Waals surface area (Å²) in [6.07, 6.45) is -2.85. The Bertz CT molecular complexity index is 412. The molecule has 2 aliphatic rings. The summed E-state index contributed by atoms with van der Waals surface area (Å²) in [4.78, 5) is 23.3. The lowest BCUT2D eigenvalue weighted by Crippen LogP contribution is -2.66. The molecule has 0 bridgehead atoms. The Morgan fingerprint density at radius 1 is 1.42 bits per heavy atom. The van der Waals surface area contributed by atoms with Crippen LogP contribution in [0.2, 0.25) is 0 Å². The van der Waals surface area contributed by atoms with Gasteiger partial charge in [-0.15, -0.1) is 0 Å². The average molecular weight is 272 g/mol. The number of fused-ring (bicyclic) bond motifs is 1. The lowest BCUT2D eigenvalue weighted by Gasteiger charge is -2.50. The van der Waals surface area contributed by atoms with Gasteiger partial charge in [0, 0.05) is 0 Å². The highest BCUT2D eigenvalue weighted by Gasteiger charge is 2.71. The molecule has 0 spiro atoms. The van der Waals surface area contributed by atoms with E-state index in [2.05, 4.69) is 0 Å². The van der Waals surface area contributed by atoms with Crippen LogP contribution in [0.15, 0.2) is 0 Å². The fraction of sp³-hybridized carbons (Fsp3) is 0.846. The van der Waals surface area contributed by atoms with E-state index in [4.69, 9.17) is 9.47 Å². The molecule has 2 N–H and O–H groups in total. The van der Waals surface area contributed by atoms with E-state index in [1.54, 1.807) is 27.7 Å². The van der Waals surface area contributed by atoms with Crippen molar-refractivity contribution in [2.24, 2.45) is 16.7 Å². The van der Waals surface area contributed by atoms with Crippen molar-refractivity contribution in [3.05, 3.63) is 0 Å². The average Bonchev–Trinajstić information content (AvgIpc) is 2.54. The molecule has 1 heterocycles. The summed E-state index contributed by atoms with van der Waals surface area (Å²) in [5.41, 5.74) is -1.52. The molecule has 1 saturated carbocycles. The SMILES string of the molecule is CC(C)(C)C(=O)OC[C@H]1OC(=O)[C@H]2[C@H](O)[C@H](O)[C@@]12C. The zero-order chi connectivity index (χ0) is 14.6. The normalized spacial score (nSPS) is 41.3. The summed E-state index contributed by atoms with van der Waals surface area (Å²) in [6, 6.07) is 0. The largest absolute Gasteiger partial charge is 0.461 e. The van der Waals surface area contributed by atoms with Crippen LogP contribution in [-0.2, 0) is 19.1 Å². The minimum Gasteiger partial charge on any atom is -0.461 e. The Morgan fingerprint density at radius 2 is 2.00 bits per heavy atom. The van der Waals surface area contributed by atoms with Crippen LogP contribution in [0.5, 0.6) is 0 Å². The Hall–Kier alpha value is -1.14. The van der Waals surface area contributed by atoms with Gasteiger partial charge < -0.3 is 19.7 Å². The monoisotopic (exact) mass is 272 g/mol. The van der Waals surface area contributed by atoms with Crippen LogP contribution in [0.4, 0.5) is 0 Å². The number of ether oxygens (including phenoxy) is 2. The van der Waals surface area contributed by atoms with Gasteiger partial charge in [0.25, 0.3) is 0 Å². The van der Waals surface area contributed by atoms with Crippen molar-refractivity contribution >= 4 is 11.9 Å². The van der Waals surface area contributed by atoms with E-state index in [0.29, 0.717) is 0 Å². The third kappa shape index (κ3) is 1.94. The van der Waals surface area contributed by atoms with Crippen molar-refractivity contribution in [2.45, 2.75) is 46.0 Å². The smallest absolute Gasteiger partial charge is 0.312 e. The molecule has 1 saturated heterocycles. The van der Waals surface area contributed by atoms with E-state index in [1.807, 2.05) is 0 Å². The van der Waals surface area contributed by atoms with E-state index < -0.39 is 47.0 Å². The zero-order valence-electron chi connectivity index (χ0n) is 11.5. The molecule has 2 fully saturated rings. The lowest BCUT2D eigenvalue weighted by atomic mass is 9.56. The van der Waals surface area contributed by atoms with Crippen molar-refractivity contribution in [3.8, 4) is 0 Å². The second-order valence-electron chi connectivity index (χ2n) is 6.55. The summed E-state index contributed by atoms with van der Waals surface area (Å²) >= 11 is 0. The van der Waals surface area contributed by atoms with E-state index in [-0.39, 0.29) is 6.61 Å². The van der Waals surface area contributed by atoms with Gasteiger partial charge in [0.15, 0.2) is 0 Å². The molecule has 5 atom stereocenters. The molecule has 0 aromatic carbocycles. The number of aliphatic hydroxyl groups is 2. The summed E-state index contributed by atoms with van der Waals surface area (Å²) in [6.45, 7) is 6.74. The van der Waals surface area contributed by atoms with Crippen molar-refractivity contribution < 1.29 is 29.3 Å². The van der Waals surface area contributed by atoms with Crippen molar-refractivity contribution in [1.82, 2.24) is 0 Å². The van der Waals surface area contributed by atoms with Crippen LogP contribution in [0.1, 0.15) is 27.7 Å². The first kappa shape index (κ1) is 14.3. The lowest BCUT2D eigenvalue weighted by molar-refractivity contribution is -0.207. The first-order valence-electron chi connectivity index (χ1n) is 6.34. The van der Waals surface area contributed by atoms with Crippen LogP contribution in [0, 0.1) is 16.7 Å². The fourth-order valence-corrected chi connectivity index (χ4v) is 2.69. The molecule has 19 heavy (non-hydrogen) atoms. The topological polar surface area (TPSA) is 93.1 Å². The molecule has 0 amide bonds. The second kappa shape index (κ2) is 4.18. The van der Waals surface area contributed by atoms with Crippen LogP contribution in [0.3, 0.4) is 0 Å². The molecule has 108 valence electrons. The summed E-state index contributed by atoms with van der Waals surface area (Å²) < 4.78 is 10.3. The molecular weight excluding hydrogens is 252 g/mol. The minimum absolute atomic E-state index is 0.0986. The third-order valence-corrected chi connectivity index (χ3v) is 4.16. The van der Waals surface area contributed by atoms with E-state index in [1.165, 1.54) is 0 Å². The zero-order valence-corrected chi connectivity index (χ0v) is 11.5. The van der Waals surface area contributed by atoms with Crippen molar-refractivity contribution in [2.75, 3.05) is 6.61 Å². The van der Waals surface area contributed by atoms with Gasteiger partial charge in [-0.25, -0.2) is 0 Å². The maximum absolute atomic E-state index is 11.7. The highest BCUT2D eigenvalue weighted by atomic mass is 16.6. The summed E-state index contributed by atoms with van der Waals surface area (Å²) in [5.74, 6) is -1.68. The fourth-order valence-electron chi connectivity index (χ4n) is 2.69. The molecule has 1 aliphatic heterocycles. The van der Waals surface area contributed by atoms with Gasteiger partial charge in [-0.2, -0.15) is 0 Å². The first-order chi connectivity index (χ1) is 8.60. The highest BCUT2D eigenvalue weighted by molar-refractivity contribution is 5.79. The Morgan fingerprint density at radius 3 is 2.53 bits per heavy atom. The number of aliphatic hydroxyl groups excluding tert-OH is 2. The summed E-state index contributed by atoms with van der Waals surface area (Å²) in [7, 11) is 0. The van der Waals surface area contributed by atoms with Crippen LogP contribution in [0.25, 0.3) is 0 Å². The number of cyclic esters (lactones) is 1. The van der Waals surface area contributed by atoms with Gasteiger partial charge in [0.1, 0.15) is 12.7 Å². The van der Waals surface area contributed by atoms with Crippen molar-refractivity contribution in [1.29, 1.82) is 0 Å². The molecule has 0 radical (unpaired) electrons. The number of hydrogen-bond acceptors (Lipinski definition) is 6. The van der Waals surface area contributed by atoms with Crippen LogP contribution in [-0.4, -0.2) is 47.1 Å². The Labute approximate surface area is 111 Å². The Kier molecular flexibility index (Phi) is 3.14. The van der Waals surface area contributed by atoms with Crippen LogP contribution < -0.4 is 0 Å². The highest BCUT2D eigenvalue weighted by Crippen LogP contribution is 2.55. The molecule has 6 heteroatoms. The molecule has 6 nitrogen and oxygen atoms in total. The summed E-state index contributed by atoms with van der Waals surface area (Å²) in [5, 5.41) is 19.4. The number of hydrogen-bond donors (Lipinski definition) is 2. The number of carbonyl (C=O) groups is 2. The minimum atomic E-state index is -1.10. The van der Waals surface area contributed by atoms with Gasteiger partial charge in [-0.05, 0) is 20.8 Å². The van der Waals surface area contributed by atoms with Gasteiger partial charge in [0.05, 0.1) is 29.0 Å². The molecule has 2 rings (SSSR count).